The second-order valence-electron chi connectivity index (χ2n) is 5.15. The molecule has 2 fully saturated rings. The molecular formula is C14H14O2. The van der Waals surface area contributed by atoms with E-state index < -0.39 is 0 Å². The third-order valence-electron chi connectivity index (χ3n) is 4.41. The van der Waals surface area contributed by atoms with Crippen molar-refractivity contribution in [1.82, 2.24) is 0 Å². The number of ether oxygens (including phenoxy) is 1. The first-order chi connectivity index (χ1) is 7.86. The molecule has 0 unspecified atom stereocenters. The number of benzene rings is 1. The minimum absolute atomic E-state index is 0.0685. The zero-order valence-corrected chi connectivity index (χ0v) is 9.06. The largest absolute Gasteiger partial charge is 0.364 e. The van der Waals surface area contributed by atoms with Gasteiger partial charge in [0.15, 0.2) is 0 Å². The zero-order valence-electron chi connectivity index (χ0n) is 9.06. The Balaban J connectivity index is 1.85. The highest BCUT2D eigenvalue weighted by molar-refractivity contribution is 5.84. The molecule has 1 aliphatic carbocycles. The maximum absolute atomic E-state index is 12.0. The molecular weight excluding hydrogens is 200 g/mol. The first-order valence-corrected chi connectivity index (χ1v) is 6.13. The lowest BCUT2D eigenvalue weighted by atomic mass is 9.68. The quantitative estimate of drug-likeness (QED) is 0.663. The molecule has 0 N–H and O–H groups in total. The summed E-state index contributed by atoms with van der Waals surface area (Å²) in [6.45, 7) is 0. The van der Waals surface area contributed by atoms with E-state index in [1.54, 1.807) is 0 Å². The molecule has 1 aromatic rings. The topological polar surface area (TPSA) is 26.3 Å². The van der Waals surface area contributed by atoms with Gasteiger partial charge >= 0.3 is 0 Å². The summed E-state index contributed by atoms with van der Waals surface area (Å²) in [5.74, 6) is 1.05. The molecule has 16 heavy (non-hydrogen) atoms. The molecule has 2 aliphatic heterocycles. The molecule has 4 rings (SSSR count). The van der Waals surface area contributed by atoms with Gasteiger partial charge in [0, 0.05) is 12.3 Å². The highest BCUT2D eigenvalue weighted by Crippen LogP contribution is 2.60. The lowest BCUT2D eigenvalue weighted by Gasteiger charge is -2.31. The number of fused-ring (bicyclic) bond motifs is 8. The summed E-state index contributed by atoms with van der Waals surface area (Å²) in [6, 6.07) is 8.40. The molecule has 0 spiro atoms. The van der Waals surface area contributed by atoms with Crippen LogP contribution in [0, 0.1) is 11.8 Å². The van der Waals surface area contributed by atoms with Crippen molar-refractivity contribution in [3.05, 3.63) is 35.4 Å². The summed E-state index contributed by atoms with van der Waals surface area (Å²) in [5, 5.41) is 0. The van der Waals surface area contributed by atoms with Crippen molar-refractivity contribution in [2.75, 3.05) is 0 Å². The maximum atomic E-state index is 12.0. The lowest BCUT2D eigenvalue weighted by molar-refractivity contribution is -0.127. The standard InChI is InChI=1S/C14H14O2/c15-11-7-3-6-10-12(11)14-9-5-2-1-4-8(9)13(10)16-14/h1-2,4-5,10,12-14H,3,6-7H2/t10-,12-,13+,14-/m1/s1. The van der Waals surface area contributed by atoms with Crippen molar-refractivity contribution < 1.29 is 9.53 Å². The number of hydrogen-bond acceptors (Lipinski definition) is 2. The van der Waals surface area contributed by atoms with Gasteiger partial charge in [-0.15, -0.1) is 0 Å². The van der Waals surface area contributed by atoms with Crippen LogP contribution >= 0.6 is 0 Å². The molecule has 3 aliphatic rings. The smallest absolute Gasteiger partial charge is 0.139 e. The second-order valence-corrected chi connectivity index (χ2v) is 5.15. The summed E-state index contributed by atoms with van der Waals surface area (Å²) in [4.78, 5) is 12.0. The highest BCUT2D eigenvalue weighted by Gasteiger charge is 2.55. The van der Waals surface area contributed by atoms with Crippen LogP contribution in [0.15, 0.2) is 24.3 Å². The van der Waals surface area contributed by atoms with Crippen molar-refractivity contribution in [3.8, 4) is 0 Å². The van der Waals surface area contributed by atoms with Gasteiger partial charge in [-0.25, -0.2) is 0 Å². The Hall–Kier alpha value is -1.15. The van der Waals surface area contributed by atoms with Gasteiger partial charge in [-0.2, -0.15) is 0 Å². The van der Waals surface area contributed by atoms with E-state index in [9.17, 15) is 4.79 Å². The van der Waals surface area contributed by atoms with E-state index in [0.717, 1.165) is 19.3 Å². The Labute approximate surface area is 94.6 Å². The first kappa shape index (κ1) is 8.94. The average molecular weight is 214 g/mol. The number of carbonyl (C=O) groups is 1. The Bertz CT molecular complexity index is 466. The summed E-state index contributed by atoms with van der Waals surface area (Å²) in [6.07, 6.45) is 3.24. The molecule has 1 aromatic carbocycles. The van der Waals surface area contributed by atoms with Crippen LogP contribution < -0.4 is 0 Å². The fourth-order valence-electron chi connectivity index (χ4n) is 3.77. The van der Waals surface area contributed by atoms with E-state index in [1.807, 2.05) is 6.07 Å². The Kier molecular flexibility index (Phi) is 1.65. The number of rotatable bonds is 0. The molecule has 4 atom stereocenters. The number of carbonyl (C=O) groups excluding carboxylic acids is 1. The average Bonchev–Trinajstić information content (AvgIpc) is 2.86. The van der Waals surface area contributed by atoms with Gasteiger partial charge < -0.3 is 4.74 Å². The van der Waals surface area contributed by atoms with Crippen molar-refractivity contribution in [1.29, 1.82) is 0 Å². The van der Waals surface area contributed by atoms with Crippen LogP contribution in [0.25, 0.3) is 0 Å². The van der Waals surface area contributed by atoms with Crippen LogP contribution in [0.3, 0.4) is 0 Å². The summed E-state index contributed by atoms with van der Waals surface area (Å²) < 4.78 is 6.04. The predicted octanol–water partition coefficient (Wildman–Crippen LogP) is 2.80. The molecule has 2 bridgehead atoms. The monoisotopic (exact) mass is 214 g/mol. The predicted molar refractivity (Wildman–Crippen MR) is 58.8 cm³/mol. The molecule has 2 heterocycles. The van der Waals surface area contributed by atoms with Crippen molar-refractivity contribution in [3.63, 3.8) is 0 Å². The number of ketones is 1. The molecule has 1 saturated carbocycles. The fraction of sp³-hybridized carbons (Fsp3) is 0.500. The summed E-state index contributed by atoms with van der Waals surface area (Å²) in [7, 11) is 0. The van der Waals surface area contributed by atoms with Gasteiger partial charge in [0.05, 0.1) is 18.1 Å². The molecule has 1 saturated heterocycles. The molecule has 0 aromatic heterocycles. The van der Waals surface area contributed by atoms with Crippen molar-refractivity contribution in [2.45, 2.75) is 31.5 Å². The van der Waals surface area contributed by atoms with E-state index in [-0.39, 0.29) is 18.1 Å². The van der Waals surface area contributed by atoms with E-state index in [0.29, 0.717) is 11.7 Å². The Morgan fingerprint density at radius 3 is 2.69 bits per heavy atom. The third-order valence-corrected chi connectivity index (χ3v) is 4.41. The minimum atomic E-state index is 0.0685. The van der Waals surface area contributed by atoms with E-state index >= 15 is 0 Å². The van der Waals surface area contributed by atoms with Crippen LogP contribution in [-0.2, 0) is 9.53 Å². The lowest BCUT2D eigenvalue weighted by Crippen LogP contribution is -2.32. The highest BCUT2D eigenvalue weighted by atomic mass is 16.5. The normalized spacial score (nSPS) is 39.6. The molecule has 2 heteroatoms. The van der Waals surface area contributed by atoms with Crippen molar-refractivity contribution >= 4 is 5.78 Å². The summed E-state index contributed by atoms with van der Waals surface area (Å²) >= 11 is 0. The Morgan fingerprint density at radius 2 is 1.88 bits per heavy atom. The van der Waals surface area contributed by atoms with Gasteiger partial charge in [0.1, 0.15) is 5.78 Å². The Morgan fingerprint density at radius 1 is 1.12 bits per heavy atom. The number of hydrogen-bond donors (Lipinski definition) is 0. The van der Waals surface area contributed by atoms with Crippen LogP contribution in [0.4, 0.5) is 0 Å². The molecule has 82 valence electrons. The molecule has 0 radical (unpaired) electrons. The fourth-order valence-corrected chi connectivity index (χ4v) is 3.77. The van der Waals surface area contributed by atoms with Gasteiger partial charge in [-0.1, -0.05) is 24.3 Å². The van der Waals surface area contributed by atoms with E-state index in [2.05, 4.69) is 18.2 Å². The van der Waals surface area contributed by atoms with Gasteiger partial charge in [-0.3, -0.25) is 4.79 Å². The van der Waals surface area contributed by atoms with Crippen molar-refractivity contribution in [2.24, 2.45) is 11.8 Å². The van der Waals surface area contributed by atoms with Gasteiger partial charge in [0.2, 0.25) is 0 Å². The number of Topliss-reactive ketones (excluding diaryl/α,β-unsaturated/α-hetero) is 1. The minimum Gasteiger partial charge on any atom is -0.364 e. The van der Waals surface area contributed by atoms with Gasteiger partial charge in [0.25, 0.3) is 0 Å². The van der Waals surface area contributed by atoms with Crippen LogP contribution in [-0.4, -0.2) is 5.78 Å². The second kappa shape index (κ2) is 2.95. The van der Waals surface area contributed by atoms with Crippen LogP contribution in [0.2, 0.25) is 0 Å². The molecule has 0 amide bonds. The van der Waals surface area contributed by atoms with E-state index in [1.165, 1.54) is 11.1 Å². The van der Waals surface area contributed by atoms with Gasteiger partial charge in [-0.05, 0) is 24.0 Å². The molecule has 2 nitrogen and oxygen atoms in total. The zero-order chi connectivity index (χ0) is 10.7. The summed E-state index contributed by atoms with van der Waals surface area (Å²) in [5.41, 5.74) is 2.60. The van der Waals surface area contributed by atoms with E-state index in [4.69, 9.17) is 4.74 Å². The SMILES string of the molecule is O=C1CCC[C@@H]2[C@H]1[C@@H]1O[C@H]2c2ccccc21. The first-order valence-electron chi connectivity index (χ1n) is 6.13. The third kappa shape index (κ3) is 0.938. The van der Waals surface area contributed by atoms with Crippen LogP contribution in [0.5, 0.6) is 0 Å². The maximum Gasteiger partial charge on any atom is 0.139 e. The van der Waals surface area contributed by atoms with Crippen LogP contribution in [0.1, 0.15) is 42.6 Å².